The molecule has 1 amide bonds. The fourth-order valence-electron chi connectivity index (χ4n) is 1.99. The summed E-state index contributed by atoms with van der Waals surface area (Å²) in [6, 6.07) is 11.3. The first-order chi connectivity index (χ1) is 9.97. The molecule has 2 aromatic rings. The number of carbonyl (C=O) groups is 1. The normalized spacial score (nSPS) is 10.3. The number of para-hydroxylation sites is 1. The van der Waals surface area contributed by atoms with Gasteiger partial charge in [-0.15, -0.1) is 12.6 Å². The first-order valence-corrected chi connectivity index (χ1v) is 7.69. The molecule has 0 aliphatic carbocycles. The van der Waals surface area contributed by atoms with Crippen molar-refractivity contribution in [2.45, 2.75) is 18.7 Å². The molecule has 0 spiro atoms. The number of anilines is 1. The molecule has 0 aliphatic rings. The summed E-state index contributed by atoms with van der Waals surface area (Å²) in [7, 11) is 0. The van der Waals surface area contributed by atoms with E-state index in [4.69, 9.17) is 4.74 Å². The van der Waals surface area contributed by atoms with Crippen molar-refractivity contribution in [3.05, 3.63) is 52.0 Å². The number of rotatable bonds is 4. The molecule has 0 heterocycles. The number of thiol groups is 1. The summed E-state index contributed by atoms with van der Waals surface area (Å²) >= 11 is 7.75. The van der Waals surface area contributed by atoms with Crippen molar-refractivity contribution in [1.82, 2.24) is 0 Å². The van der Waals surface area contributed by atoms with Gasteiger partial charge >= 0.3 is 0 Å². The van der Waals surface area contributed by atoms with Gasteiger partial charge in [-0.25, -0.2) is 0 Å². The Bertz CT molecular complexity index is 650. The van der Waals surface area contributed by atoms with Gasteiger partial charge in [-0.3, -0.25) is 4.79 Å². The summed E-state index contributed by atoms with van der Waals surface area (Å²) in [6.45, 7) is 3.91. The van der Waals surface area contributed by atoms with E-state index in [0.29, 0.717) is 11.4 Å². The standard InChI is InChI=1S/C16H16BrNO2S/c1-10-7-11(2)16(12(17)8-10)20-9-15(19)18-13-5-3-4-6-14(13)21/h3-8,21H,9H2,1-2H3,(H,18,19). The Balaban J connectivity index is 2.01. The Kier molecular flexibility index (Phi) is 5.31. The summed E-state index contributed by atoms with van der Waals surface area (Å²) in [6.07, 6.45) is 0. The van der Waals surface area contributed by atoms with Gasteiger partial charge in [0.25, 0.3) is 5.91 Å². The number of amides is 1. The number of benzene rings is 2. The van der Waals surface area contributed by atoms with Gasteiger partial charge in [-0.05, 0) is 59.1 Å². The second-order valence-electron chi connectivity index (χ2n) is 4.75. The van der Waals surface area contributed by atoms with Crippen LogP contribution < -0.4 is 10.1 Å². The van der Waals surface area contributed by atoms with Crippen LogP contribution in [0.2, 0.25) is 0 Å². The Hall–Kier alpha value is -1.46. The summed E-state index contributed by atoms with van der Waals surface area (Å²) in [5, 5.41) is 2.78. The van der Waals surface area contributed by atoms with Gasteiger partial charge in [0.15, 0.2) is 6.61 Å². The van der Waals surface area contributed by atoms with E-state index in [-0.39, 0.29) is 12.5 Å². The number of aryl methyl sites for hydroxylation is 2. The minimum absolute atomic E-state index is 0.0510. The maximum Gasteiger partial charge on any atom is 0.262 e. The minimum atomic E-state index is -0.219. The van der Waals surface area contributed by atoms with Crippen molar-refractivity contribution in [2.24, 2.45) is 0 Å². The second kappa shape index (κ2) is 7.00. The van der Waals surface area contributed by atoms with Gasteiger partial charge in [-0.2, -0.15) is 0 Å². The summed E-state index contributed by atoms with van der Waals surface area (Å²) in [4.78, 5) is 12.7. The van der Waals surface area contributed by atoms with Gasteiger partial charge in [0.2, 0.25) is 0 Å². The van der Waals surface area contributed by atoms with Crippen LogP contribution >= 0.6 is 28.6 Å². The lowest BCUT2D eigenvalue weighted by molar-refractivity contribution is -0.118. The molecule has 2 rings (SSSR count). The number of hydrogen-bond acceptors (Lipinski definition) is 3. The number of nitrogens with one attached hydrogen (secondary N) is 1. The summed E-state index contributed by atoms with van der Waals surface area (Å²) in [5.41, 5.74) is 2.80. The molecule has 0 saturated carbocycles. The van der Waals surface area contributed by atoms with E-state index < -0.39 is 0 Å². The second-order valence-corrected chi connectivity index (χ2v) is 6.08. The van der Waals surface area contributed by atoms with Crippen molar-refractivity contribution >= 4 is 40.2 Å². The van der Waals surface area contributed by atoms with Crippen LogP contribution in [-0.2, 0) is 4.79 Å². The zero-order valence-corrected chi connectivity index (χ0v) is 14.3. The Morgan fingerprint density at radius 1 is 1.29 bits per heavy atom. The lowest BCUT2D eigenvalue weighted by Crippen LogP contribution is -2.20. The van der Waals surface area contributed by atoms with E-state index in [0.717, 1.165) is 20.5 Å². The van der Waals surface area contributed by atoms with Crippen LogP contribution in [0.1, 0.15) is 11.1 Å². The lowest BCUT2D eigenvalue weighted by Gasteiger charge is -2.12. The van der Waals surface area contributed by atoms with Gasteiger partial charge in [0.1, 0.15) is 5.75 Å². The number of carbonyl (C=O) groups excluding carboxylic acids is 1. The monoisotopic (exact) mass is 365 g/mol. The fraction of sp³-hybridized carbons (Fsp3) is 0.188. The topological polar surface area (TPSA) is 38.3 Å². The van der Waals surface area contributed by atoms with E-state index in [2.05, 4.69) is 33.9 Å². The molecule has 21 heavy (non-hydrogen) atoms. The van der Waals surface area contributed by atoms with Gasteiger partial charge in [-0.1, -0.05) is 18.2 Å². The molecule has 0 radical (unpaired) electrons. The minimum Gasteiger partial charge on any atom is -0.482 e. The van der Waals surface area contributed by atoms with Crippen molar-refractivity contribution in [2.75, 3.05) is 11.9 Å². The molecule has 110 valence electrons. The molecule has 0 aromatic heterocycles. The molecule has 5 heteroatoms. The smallest absolute Gasteiger partial charge is 0.262 e. The summed E-state index contributed by atoms with van der Waals surface area (Å²) < 4.78 is 6.46. The van der Waals surface area contributed by atoms with Gasteiger partial charge < -0.3 is 10.1 Å². The molecule has 0 unspecified atom stereocenters. The van der Waals surface area contributed by atoms with E-state index in [9.17, 15) is 4.79 Å². The molecule has 1 N–H and O–H groups in total. The van der Waals surface area contributed by atoms with Crippen LogP contribution in [0, 0.1) is 13.8 Å². The quantitative estimate of drug-likeness (QED) is 0.789. The van der Waals surface area contributed by atoms with E-state index >= 15 is 0 Å². The number of hydrogen-bond donors (Lipinski definition) is 2. The van der Waals surface area contributed by atoms with Crippen LogP contribution in [0.25, 0.3) is 0 Å². The van der Waals surface area contributed by atoms with Crippen LogP contribution in [-0.4, -0.2) is 12.5 Å². The molecule has 0 saturated heterocycles. The van der Waals surface area contributed by atoms with Crippen LogP contribution in [0.3, 0.4) is 0 Å². The third-order valence-electron chi connectivity index (χ3n) is 2.90. The average molecular weight is 366 g/mol. The predicted molar refractivity (Wildman–Crippen MR) is 91.4 cm³/mol. The fourth-order valence-corrected chi connectivity index (χ4v) is 2.99. The van der Waals surface area contributed by atoms with E-state index in [1.807, 2.05) is 44.2 Å². The highest BCUT2D eigenvalue weighted by Gasteiger charge is 2.10. The highest BCUT2D eigenvalue weighted by molar-refractivity contribution is 9.10. The molecular formula is C16H16BrNO2S. The van der Waals surface area contributed by atoms with E-state index in [1.54, 1.807) is 6.07 Å². The Morgan fingerprint density at radius 3 is 2.67 bits per heavy atom. The third-order valence-corrected chi connectivity index (χ3v) is 3.88. The highest BCUT2D eigenvalue weighted by Crippen LogP contribution is 2.30. The SMILES string of the molecule is Cc1cc(C)c(OCC(=O)Nc2ccccc2S)c(Br)c1. The lowest BCUT2D eigenvalue weighted by atomic mass is 10.1. The Morgan fingerprint density at radius 2 is 2.00 bits per heavy atom. The molecule has 0 fully saturated rings. The molecule has 0 bridgehead atoms. The molecule has 2 aromatic carbocycles. The molecule has 0 aliphatic heterocycles. The van der Waals surface area contributed by atoms with Crippen molar-refractivity contribution in [3.8, 4) is 5.75 Å². The zero-order valence-electron chi connectivity index (χ0n) is 11.8. The third kappa shape index (κ3) is 4.25. The van der Waals surface area contributed by atoms with Crippen LogP contribution in [0.5, 0.6) is 5.75 Å². The maximum atomic E-state index is 11.9. The summed E-state index contributed by atoms with van der Waals surface area (Å²) in [5.74, 6) is 0.471. The largest absolute Gasteiger partial charge is 0.482 e. The predicted octanol–water partition coefficient (Wildman–Crippen LogP) is 4.37. The molecular weight excluding hydrogens is 350 g/mol. The Labute approximate surface area is 138 Å². The highest BCUT2D eigenvalue weighted by atomic mass is 79.9. The zero-order chi connectivity index (χ0) is 15.4. The van der Waals surface area contributed by atoms with E-state index in [1.165, 1.54) is 0 Å². The number of halogens is 1. The maximum absolute atomic E-state index is 11.9. The van der Waals surface area contributed by atoms with Crippen LogP contribution in [0.15, 0.2) is 45.8 Å². The van der Waals surface area contributed by atoms with Crippen molar-refractivity contribution in [1.29, 1.82) is 0 Å². The molecule has 3 nitrogen and oxygen atoms in total. The average Bonchev–Trinajstić information content (AvgIpc) is 2.40. The first kappa shape index (κ1) is 15.9. The number of ether oxygens (including phenoxy) is 1. The molecule has 0 atom stereocenters. The van der Waals surface area contributed by atoms with Crippen molar-refractivity contribution < 1.29 is 9.53 Å². The van der Waals surface area contributed by atoms with Crippen LogP contribution in [0.4, 0.5) is 5.69 Å². The first-order valence-electron chi connectivity index (χ1n) is 6.45. The van der Waals surface area contributed by atoms with Gasteiger partial charge in [0, 0.05) is 4.90 Å². The van der Waals surface area contributed by atoms with Crippen molar-refractivity contribution in [3.63, 3.8) is 0 Å². The van der Waals surface area contributed by atoms with Gasteiger partial charge in [0.05, 0.1) is 10.2 Å².